The Morgan fingerprint density at radius 1 is 0.585 bits per heavy atom. The summed E-state index contributed by atoms with van der Waals surface area (Å²) in [5.74, 6) is -7.85. The van der Waals surface area contributed by atoms with Crippen molar-refractivity contribution in [1.29, 1.82) is 0 Å². The summed E-state index contributed by atoms with van der Waals surface area (Å²) in [6.07, 6.45) is -1.16. The summed E-state index contributed by atoms with van der Waals surface area (Å²) < 4.78 is 90.8. The average Bonchev–Trinajstić information content (AvgIpc) is 2.92. The first-order valence-corrected chi connectivity index (χ1v) is 11.8. The molecule has 0 aromatic heterocycles. The highest BCUT2D eigenvalue weighted by molar-refractivity contribution is 5.52. The molecule has 0 atom stereocenters. The number of nitro groups is 2. The molecule has 212 valence electrons. The fraction of sp³-hybridized carbons (Fsp3) is 0.143. The van der Waals surface area contributed by atoms with Crippen LogP contribution in [-0.2, 0) is 12.8 Å². The van der Waals surface area contributed by atoms with Gasteiger partial charge in [0, 0.05) is 47.2 Å². The monoisotopic (exact) mass is 576 g/mol. The summed E-state index contributed by atoms with van der Waals surface area (Å²) >= 11 is 0. The molecule has 4 rings (SSSR count). The highest BCUT2D eigenvalue weighted by Gasteiger charge is 2.23. The standard InChI is InChI=1S/C28H18F6N2O5/c1-13-21(29)11-17(27(33)25(13)31)7-15-9-19(3-5-23(15)35(37)38)41-20-4-6-24(36(39)40)16(10-20)8-18-12-22(30)14(2)26(32)28(18)34/h3-6,9-12H,7-8H2,1-2H3. The Hall–Kier alpha value is -4.94. The number of benzene rings is 4. The highest BCUT2D eigenvalue weighted by atomic mass is 19.2. The second-order valence-electron chi connectivity index (χ2n) is 9.09. The van der Waals surface area contributed by atoms with Gasteiger partial charge >= 0.3 is 0 Å². The number of hydrogen-bond donors (Lipinski definition) is 0. The predicted octanol–water partition coefficient (Wildman–Crippen LogP) is 7.93. The number of nitrogens with zero attached hydrogens (tertiary/aromatic N) is 2. The van der Waals surface area contributed by atoms with E-state index >= 15 is 0 Å². The van der Waals surface area contributed by atoms with Gasteiger partial charge in [-0.15, -0.1) is 0 Å². The predicted molar refractivity (Wildman–Crippen MR) is 134 cm³/mol. The maximum Gasteiger partial charge on any atom is 0.273 e. The van der Waals surface area contributed by atoms with E-state index in [1.807, 2.05) is 0 Å². The molecule has 0 spiro atoms. The van der Waals surface area contributed by atoms with E-state index in [2.05, 4.69) is 0 Å². The maximum atomic E-state index is 14.5. The second-order valence-corrected chi connectivity index (χ2v) is 9.09. The molecular formula is C28H18F6N2O5. The largest absolute Gasteiger partial charge is 0.457 e. The third kappa shape index (κ3) is 5.83. The number of hydrogen-bond acceptors (Lipinski definition) is 5. The van der Waals surface area contributed by atoms with Crippen LogP contribution >= 0.6 is 0 Å². The number of rotatable bonds is 8. The lowest BCUT2D eigenvalue weighted by atomic mass is 10.00. The molecule has 0 aliphatic carbocycles. The first kappa shape index (κ1) is 29.1. The highest BCUT2D eigenvalue weighted by Crippen LogP contribution is 2.34. The quantitative estimate of drug-likeness (QED) is 0.0919. The topological polar surface area (TPSA) is 95.5 Å². The minimum atomic E-state index is -1.43. The van der Waals surface area contributed by atoms with Crippen molar-refractivity contribution in [1.82, 2.24) is 0 Å². The zero-order valence-electron chi connectivity index (χ0n) is 21.2. The van der Waals surface area contributed by atoms with Crippen LogP contribution in [0.5, 0.6) is 11.5 Å². The van der Waals surface area contributed by atoms with E-state index in [-0.39, 0.29) is 22.6 Å². The van der Waals surface area contributed by atoms with Crippen LogP contribution in [0.15, 0.2) is 48.5 Å². The van der Waals surface area contributed by atoms with Crippen LogP contribution in [0.2, 0.25) is 0 Å². The van der Waals surface area contributed by atoms with Crippen LogP contribution in [-0.4, -0.2) is 9.85 Å². The van der Waals surface area contributed by atoms with E-state index in [9.17, 15) is 46.6 Å². The molecule has 0 fully saturated rings. The minimum absolute atomic E-state index is 0.0718. The zero-order valence-corrected chi connectivity index (χ0v) is 21.2. The molecular weight excluding hydrogens is 558 g/mol. The Kier molecular flexibility index (Phi) is 7.99. The maximum absolute atomic E-state index is 14.5. The van der Waals surface area contributed by atoms with Crippen molar-refractivity contribution in [3.05, 3.63) is 137 Å². The summed E-state index contributed by atoms with van der Waals surface area (Å²) in [4.78, 5) is 21.5. The van der Waals surface area contributed by atoms with Gasteiger partial charge in [0.2, 0.25) is 0 Å². The molecule has 0 heterocycles. The molecule has 4 aromatic carbocycles. The van der Waals surface area contributed by atoms with Crippen molar-refractivity contribution in [3.8, 4) is 11.5 Å². The molecule has 0 bridgehead atoms. The molecule has 13 heteroatoms. The van der Waals surface area contributed by atoms with Gasteiger partial charge in [-0.05, 0) is 61.4 Å². The van der Waals surface area contributed by atoms with E-state index in [4.69, 9.17) is 4.74 Å². The van der Waals surface area contributed by atoms with Gasteiger partial charge in [0.15, 0.2) is 23.3 Å². The number of ether oxygens (including phenoxy) is 1. The lowest BCUT2D eigenvalue weighted by Crippen LogP contribution is -2.04. The Balaban J connectivity index is 1.71. The zero-order chi connectivity index (χ0) is 30.2. The molecule has 0 aliphatic heterocycles. The van der Waals surface area contributed by atoms with Crippen LogP contribution in [0.25, 0.3) is 0 Å². The summed E-state index contributed by atoms with van der Waals surface area (Å²) in [5, 5.41) is 23.1. The lowest BCUT2D eigenvalue weighted by Gasteiger charge is -2.12. The molecule has 4 aromatic rings. The second kappa shape index (κ2) is 11.3. The van der Waals surface area contributed by atoms with Gasteiger partial charge in [-0.3, -0.25) is 20.2 Å². The molecule has 0 saturated carbocycles. The van der Waals surface area contributed by atoms with Gasteiger partial charge in [0.05, 0.1) is 9.85 Å². The number of nitro benzene ring substituents is 2. The molecule has 0 unspecified atom stereocenters. The van der Waals surface area contributed by atoms with Crippen molar-refractivity contribution in [3.63, 3.8) is 0 Å². The van der Waals surface area contributed by atoms with Crippen LogP contribution in [0.4, 0.5) is 37.7 Å². The van der Waals surface area contributed by atoms with Crippen LogP contribution in [0.3, 0.4) is 0 Å². The SMILES string of the molecule is Cc1c(F)cc(Cc2cc(Oc3ccc([N+](=O)[O-])c(Cc4cc(F)c(C)c(F)c4F)c3)ccc2[N+](=O)[O-])c(F)c1F. The van der Waals surface area contributed by atoms with Gasteiger partial charge in [0.1, 0.15) is 23.1 Å². The Bertz CT molecular complexity index is 1600. The normalized spacial score (nSPS) is 11.0. The molecule has 0 radical (unpaired) electrons. The van der Waals surface area contributed by atoms with Crippen molar-refractivity contribution >= 4 is 11.4 Å². The summed E-state index contributed by atoms with van der Waals surface area (Å²) in [6.45, 7) is 2.07. The molecule has 0 aliphatic rings. The molecule has 0 amide bonds. The smallest absolute Gasteiger partial charge is 0.273 e. The van der Waals surface area contributed by atoms with Gasteiger partial charge in [0.25, 0.3) is 11.4 Å². The lowest BCUT2D eigenvalue weighted by molar-refractivity contribution is -0.385. The third-order valence-corrected chi connectivity index (χ3v) is 6.42. The molecule has 7 nitrogen and oxygen atoms in total. The van der Waals surface area contributed by atoms with Gasteiger partial charge in [-0.1, -0.05) is 0 Å². The van der Waals surface area contributed by atoms with E-state index in [0.29, 0.717) is 0 Å². The van der Waals surface area contributed by atoms with Crippen LogP contribution in [0.1, 0.15) is 33.4 Å². The van der Waals surface area contributed by atoms with Crippen molar-refractivity contribution in [2.24, 2.45) is 0 Å². The minimum Gasteiger partial charge on any atom is -0.457 e. The molecule has 0 saturated heterocycles. The van der Waals surface area contributed by atoms with E-state index in [1.165, 1.54) is 12.1 Å². The Morgan fingerprint density at radius 3 is 1.29 bits per heavy atom. The molecule has 41 heavy (non-hydrogen) atoms. The summed E-state index contributed by atoms with van der Waals surface area (Å²) in [7, 11) is 0. The average molecular weight is 576 g/mol. The van der Waals surface area contributed by atoms with Gasteiger partial charge < -0.3 is 4.74 Å². The fourth-order valence-electron chi connectivity index (χ4n) is 4.16. The van der Waals surface area contributed by atoms with E-state index < -0.39 is 91.2 Å². The van der Waals surface area contributed by atoms with Crippen molar-refractivity contribution in [2.75, 3.05) is 0 Å². The fourth-order valence-corrected chi connectivity index (χ4v) is 4.16. The third-order valence-electron chi connectivity index (χ3n) is 6.42. The van der Waals surface area contributed by atoms with E-state index in [0.717, 1.165) is 50.2 Å². The van der Waals surface area contributed by atoms with Gasteiger partial charge in [-0.2, -0.15) is 0 Å². The first-order valence-electron chi connectivity index (χ1n) is 11.8. The van der Waals surface area contributed by atoms with Gasteiger partial charge in [-0.25, -0.2) is 26.3 Å². The first-order chi connectivity index (χ1) is 19.3. The van der Waals surface area contributed by atoms with Crippen molar-refractivity contribution in [2.45, 2.75) is 26.7 Å². The van der Waals surface area contributed by atoms with Crippen molar-refractivity contribution < 1.29 is 40.9 Å². The number of halogens is 6. The summed E-state index contributed by atoms with van der Waals surface area (Å²) in [5.41, 5.74) is -3.40. The van der Waals surface area contributed by atoms with E-state index in [1.54, 1.807) is 0 Å². The molecule has 0 N–H and O–H groups in total. The Labute approximate surface area is 227 Å². The summed E-state index contributed by atoms with van der Waals surface area (Å²) in [6, 6.07) is 8.07. The van der Waals surface area contributed by atoms with Crippen LogP contribution in [0, 0.1) is 69.0 Å². The Morgan fingerprint density at radius 2 is 0.951 bits per heavy atom. The van der Waals surface area contributed by atoms with Crippen LogP contribution < -0.4 is 4.74 Å².